The molecule has 138 valence electrons. The molecule has 0 aliphatic carbocycles. The fraction of sp³-hybridized carbons (Fsp3) is 0.188. The number of halogens is 4. The van der Waals surface area contributed by atoms with E-state index in [4.69, 9.17) is 16.3 Å². The van der Waals surface area contributed by atoms with Gasteiger partial charge in [0.1, 0.15) is 5.03 Å². The van der Waals surface area contributed by atoms with E-state index < -0.39 is 30.2 Å². The summed E-state index contributed by atoms with van der Waals surface area (Å²) in [5.74, 6) is -1.60. The smallest absolute Gasteiger partial charge is 0.416 e. The predicted molar refractivity (Wildman–Crippen MR) is 91.4 cm³/mol. The number of nitrogens with one attached hydrogen (secondary N) is 1. The van der Waals surface area contributed by atoms with Gasteiger partial charge in [-0.3, -0.25) is 4.79 Å². The summed E-state index contributed by atoms with van der Waals surface area (Å²) in [5.41, 5.74) is -1.01. The fourth-order valence-electron chi connectivity index (χ4n) is 1.90. The average Bonchev–Trinajstić information content (AvgIpc) is 2.60. The Kier molecular flexibility index (Phi) is 6.49. The molecule has 1 amide bonds. The van der Waals surface area contributed by atoms with Gasteiger partial charge in [-0.15, -0.1) is 11.8 Å². The molecule has 0 radical (unpaired) electrons. The summed E-state index contributed by atoms with van der Waals surface area (Å²) in [6.45, 7) is -0.686. The molecule has 2 rings (SSSR count). The number of alkyl halides is 3. The largest absolute Gasteiger partial charge is 0.452 e. The number of hydrogen-bond acceptors (Lipinski definition) is 5. The lowest BCUT2D eigenvalue weighted by Gasteiger charge is -2.12. The highest BCUT2D eigenvalue weighted by molar-refractivity contribution is 7.98. The lowest BCUT2D eigenvalue weighted by molar-refractivity contribution is -0.137. The standard InChI is InChI=1S/C16H12ClF3N2O3S/c1-26-14-10(3-2-6-21-14)15(24)25-8-13(23)22-12-7-9(16(18,19)20)4-5-11(12)17/h2-7H,8H2,1H3,(H,22,23). The van der Waals surface area contributed by atoms with Crippen molar-refractivity contribution in [3.05, 3.63) is 52.7 Å². The van der Waals surface area contributed by atoms with Crippen LogP contribution in [0.25, 0.3) is 0 Å². The first-order chi connectivity index (χ1) is 12.2. The normalized spacial score (nSPS) is 11.1. The van der Waals surface area contributed by atoms with Crippen LogP contribution in [0.5, 0.6) is 0 Å². The molecular formula is C16H12ClF3N2O3S. The average molecular weight is 405 g/mol. The summed E-state index contributed by atoms with van der Waals surface area (Å²) in [7, 11) is 0. The van der Waals surface area contributed by atoms with Crippen molar-refractivity contribution >= 4 is 40.9 Å². The Bertz CT molecular complexity index is 831. The molecule has 0 bridgehead atoms. The third kappa shape index (κ3) is 5.12. The van der Waals surface area contributed by atoms with Crippen molar-refractivity contribution in [2.45, 2.75) is 11.2 Å². The van der Waals surface area contributed by atoms with Gasteiger partial charge in [-0.1, -0.05) is 11.6 Å². The van der Waals surface area contributed by atoms with Gasteiger partial charge in [-0.2, -0.15) is 13.2 Å². The molecule has 10 heteroatoms. The van der Waals surface area contributed by atoms with Crippen LogP contribution in [0.15, 0.2) is 41.6 Å². The monoisotopic (exact) mass is 404 g/mol. The number of rotatable bonds is 5. The van der Waals surface area contributed by atoms with Crippen molar-refractivity contribution in [3.63, 3.8) is 0 Å². The lowest BCUT2D eigenvalue weighted by atomic mass is 10.2. The number of carbonyl (C=O) groups is 2. The zero-order chi connectivity index (χ0) is 19.3. The van der Waals surface area contributed by atoms with Crippen LogP contribution in [0.4, 0.5) is 18.9 Å². The predicted octanol–water partition coefficient (Wildman–Crippen LogP) is 4.27. The fourth-order valence-corrected chi connectivity index (χ4v) is 2.60. The number of aromatic nitrogens is 1. The van der Waals surface area contributed by atoms with Gasteiger partial charge in [0, 0.05) is 6.20 Å². The molecule has 0 aliphatic heterocycles. The van der Waals surface area contributed by atoms with Gasteiger partial charge < -0.3 is 10.1 Å². The molecule has 0 unspecified atom stereocenters. The SMILES string of the molecule is CSc1ncccc1C(=O)OCC(=O)Nc1cc(C(F)(F)F)ccc1Cl. The molecule has 26 heavy (non-hydrogen) atoms. The maximum atomic E-state index is 12.7. The Morgan fingerprint density at radius 1 is 1.31 bits per heavy atom. The second-order valence-corrected chi connectivity index (χ2v) is 6.08. The van der Waals surface area contributed by atoms with E-state index in [1.807, 2.05) is 0 Å². The van der Waals surface area contributed by atoms with E-state index in [9.17, 15) is 22.8 Å². The van der Waals surface area contributed by atoms with E-state index >= 15 is 0 Å². The van der Waals surface area contributed by atoms with E-state index in [0.717, 1.165) is 12.1 Å². The lowest BCUT2D eigenvalue weighted by Crippen LogP contribution is -2.21. The van der Waals surface area contributed by atoms with Crippen LogP contribution in [0.1, 0.15) is 15.9 Å². The van der Waals surface area contributed by atoms with Gasteiger partial charge in [0.25, 0.3) is 5.91 Å². The molecule has 0 spiro atoms. The summed E-state index contributed by atoms with van der Waals surface area (Å²) < 4.78 is 43.0. The number of ether oxygens (including phenoxy) is 1. The molecule has 1 aromatic heterocycles. The van der Waals surface area contributed by atoms with Gasteiger partial charge >= 0.3 is 12.1 Å². The van der Waals surface area contributed by atoms with Crippen LogP contribution in [-0.4, -0.2) is 29.7 Å². The molecule has 1 N–H and O–H groups in total. The number of amides is 1. The number of esters is 1. The molecule has 0 saturated carbocycles. The van der Waals surface area contributed by atoms with Gasteiger partial charge in [-0.25, -0.2) is 9.78 Å². The highest BCUT2D eigenvalue weighted by Gasteiger charge is 2.31. The summed E-state index contributed by atoms with van der Waals surface area (Å²) >= 11 is 7.02. The third-order valence-electron chi connectivity index (χ3n) is 3.09. The Labute approximate surface area is 155 Å². The van der Waals surface area contributed by atoms with Crippen LogP contribution in [0, 0.1) is 0 Å². The minimum atomic E-state index is -4.58. The summed E-state index contributed by atoms with van der Waals surface area (Å²) in [5, 5.41) is 2.54. The molecule has 1 heterocycles. The number of hydrogen-bond donors (Lipinski definition) is 1. The number of anilines is 1. The quantitative estimate of drug-likeness (QED) is 0.595. The van der Waals surface area contributed by atoms with E-state index in [-0.39, 0.29) is 16.3 Å². The first kappa shape index (κ1) is 20.1. The zero-order valence-corrected chi connectivity index (χ0v) is 14.8. The summed E-state index contributed by atoms with van der Waals surface area (Å²) in [4.78, 5) is 27.9. The van der Waals surface area contributed by atoms with Gasteiger partial charge in [0.05, 0.1) is 21.8 Å². The minimum absolute atomic E-state index is 0.0744. The Balaban J connectivity index is 2.02. The number of nitrogens with zero attached hydrogens (tertiary/aromatic N) is 1. The number of thioether (sulfide) groups is 1. The van der Waals surface area contributed by atoms with E-state index in [1.54, 1.807) is 12.3 Å². The van der Waals surface area contributed by atoms with Crippen molar-refractivity contribution in [2.75, 3.05) is 18.2 Å². The molecule has 0 fully saturated rings. The second-order valence-electron chi connectivity index (χ2n) is 4.88. The Hall–Kier alpha value is -2.26. The first-order valence-corrected chi connectivity index (χ1v) is 8.65. The minimum Gasteiger partial charge on any atom is -0.452 e. The third-order valence-corrected chi connectivity index (χ3v) is 4.13. The van der Waals surface area contributed by atoms with Crippen molar-refractivity contribution in [3.8, 4) is 0 Å². The number of benzene rings is 1. The van der Waals surface area contributed by atoms with Gasteiger partial charge in [0.2, 0.25) is 0 Å². The second kappa shape index (κ2) is 8.41. The summed E-state index contributed by atoms with van der Waals surface area (Å²) in [6.07, 6.45) is -1.35. The van der Waals surface area contributed by atoms with Gasteiger partial charge in [0.15, 0.2) is 6.61 Å². The Morgan fingerprint density at radius 2 is 2.04 bits per heavy atom. The van der Waals surface area contributed by atoms with Crippen LogP contribution in [-0.2, 0) is 15.7 Å². The van der Waals surface area contributed by atoms with Crippen molar-refractivity contribution in [1.82, 2.24) is 4.98 Å². The van der Waals surface area contributed by atoms with Crippen LogP contribution < -0.4 is 5.32 Å². The highest BCUT2D eigenvalue weighted by Crippen LogP contribution is 2.33. The van der Waals surface area contributed by atoms with Crippen LogP contribution in [0.3, 0.4) is 0 Å². The highest BCUT2D eigenvalue weighted by atomic mass is 35.5. The van der Waals surface area contributed by atoms with Crippen molar-refractivity contribution in [1.29, 1.82) is 0 Å². The van der Waals surface area contributed by atoms with E-state index in [0.29, 0.717) is 11.1 Å². The Morgan fingerprint density at radius 3 is 2.69 bits per heavy atom. The molecule has 1 aromatic carbocycles. The maximum Gasteiger partial charge on any atom is 0.416 e. The van der Waals surface area contributed by atoms with Crippen molar-refractivity contribution in [2.24, 2.45) is 0 Å². The maximum absolute atomic E-state index is 12.7. The van der Waals surface area contributed by atoms with Crippen LogP contribution >= 0.6 is 23.4 Å². The molecule has 0 atom stereocenters. The zero-order valence-electron chi connectivity index (χ0n) is 13.3. The number of carbonyl (C=O) groups excluding carboxylic acids is 2. The van der Waals surface area contributed by atoms with E-state index in [1.165, 1.54) is 24.0 Å². The summed E-state index contributed by atoms with van der Waals surface area (Å²) in [6, 6.07) is 5.55. The topological polar surface area (TPSA) is 68.3 Å². The van der Waals surface area contributed by atoms with Crippen molar-refractivity contribution < 1.29 is 27.5 Å². The van der Waals surface area contributed by atoms with E-state index in [2.05, 4.69) is 10.3 Å². The molecule has 0 saturated heterocycles. The van der Waals surface area contributed by atoms with Gasteiger partial charge in [-0.05, 0) is 36.6 Å². The molecular weight excluding hydrogens is 393 g/mol. The molecule has 2 aromatic rings. The van der Waals surface area contributed by atoms with Crippen LogP contribution in [0.2, 0.25) is 5.02 Å². The first-order valence-electron chi connectivity index (χ1n) is 7.05. The molecule has 0 aliphatic rings. The molecule has 5 nitrogen and oxygen atoms in total. The number of pyridine rings is 1.